The molecule has 0 amide bonds. The molecular formula is C20H32N4O3. The summed E-state index contributed by atoms with van der Waals surface area (Å²) in [5.74, 6) is 2.62. The Morgan fingerprint density at radius 1 is 1.15 bits per heavy atom. The van der Waals surface area contributed by atoms with E-state index in [9.17, 15) is 0 Å². The Bertz CT molecular complexity index is 580. The van der Waals surface area contributed by atoms with Gasteiger partial charge in [0.15, 0.2) is 5.96 Å². The van der Waals surface area contributed by atoms with Crippen molar-refractivity contribution in [2.75, 3.05) is 65.7 Å². The third-order valence-electron chi connectivity index (χ3n) is 5.78. The van der Waals surface area contributed by atoms with Crippen LogP contribution < -0.4 is 5.32 Å². The number of likely N-dealkylation sites (tertiary alicyclic amines) is 1. The molecule has 3 aliphatic rings. The molecule has 150 valence electrons. The Kier molecular flexibility index (Phi) is 6.66. The van der Waals surface area contributed by atoms with E-state index in [1.807, 2.05) is 12.1 Å². The molecular weight excluding hydrogens is 344 g/mol. The fraction of sp³-hybridized carbons (Fsp3) is 0.750. The summed E-state index contributed by atoms with van der Waals surface area (Å²) in [4.78, 5) is 9.97. The van der Waals surface area contributed by atoms with Gasteiger partial charge in [-0.1, -0.05) is 0 Å². The third-order valence-corrected chi connectivity index (χ3v) is 5.78. The van der Waals surface area contributed by atoms with E-state index in [1.54, 1.807) is 6.26 Å². The number of furan rings is 1. The predicted molar refractivity (Wildman–Crippen MR) is 104 cm³/mol. The maximum atomic E-state index is 5.51. The van der Waals surface area contributed by atoms with Crippen LogP contribution in [0.3, 0.4) is 0 Å². The van der Waals surface area contributed by atoms with Crippen molar-refractivity contribution in [3.8, 4) is 0 Å². The smallest absolute Gasteiger partial charge is 0.194 e. The Morgan fingerprint density at radius 3 is 2.85 bits per heavy atom. The van der Waals surface area contributed by atoms with Gasteiger partial charge in [0.05, 0.1) is 26.1 Å². The van der Waals surface area contributed by atoms with E-state index in [2.05, 4.69) is 15.1 Å². The van der Waals surface area contributed by atoms with E-state index >= 15 is 0 Å². The lowest BCUT2D eigenvalue weighted by Crippen LogP contribution is -2.47. The number of aliphatic imine (C=N–C) groups is 1. The highest BCUT2D eigenvalue weighted by Gasteiger charge is 2.30. The van der Waals surface area contributed by atoms with Crippen LogP contribution in [0.5, 0.6) is 0 Å². The van der Waals surface area contributed by atoms with Gasteiger partial charge in [-0.05, 0) is 25.0 Å². The molecule has 3 aliphatic heterocycles. The van der Waals surface area contributed by atoms with Crippen molar-refractivity contribution in [1.82, 2.24) is 15.1 Å². The molecule has 3 fully saturated rings. The van der Waals surface area contributed by atoms with Crippen LogP contribution >= 0.6 is 0 Å². The number of nitrogens with zero attached hydrogens (tertiary/aromatic N) is 3. The van der Waals surface area contributed by atoms with Crippen LogP contribution in [0.25, 0.3) is 0 Å². The van der Waals surface area contributed by atoms with Gasteiger partial charge >= 0.3 is 0 Å². The van der Waals surface area contributed by atoms with Gasteiger partial charge in [0, 0.05) is 64.3 Å². The highest BCUT2D eigenvalue weighted by molar-refractivity contribution is 5.80. The maximum absolute atomic E-state index is 5.51. The minimum Gasteiger partial charge on any atom is -0.469 e. The largest absolute Gasteiger partial charge is 0.469 e. The lowest BCUT2D eigenvalue weighted by Gasteiger charge is -2.32. The van der Waals surface area contributed by atoms with Crippen molar-refractivity contribution in [3.05, 3.63) is 24.2 Å². The van der Waals surface area contributed by atoms with Gasteiger partial charge in [-0.25, -0.2) is 0 Å². The van der Waals surface area contributed by atoms with Crippen LogP contribution in [0, 0.1) is 5.92 Å². The van der Waals surface area contributed by atoms with E-state index in [0.29, 0.717) is 12.0 Å². The molecule has 0 saturated carbocycles. The van der Waals surface area contributed by atoms with Crippen LogP contribution in [-0.4, -0.2) is 87.5 Å². The number of guanidine groups is 1. The van der Waals surface area contributed by atoms with Crippen molar-refractivity contribution >= 4 is 5.96 Å². The van der Waals surface area contributed by atoms with Gasteiger partial charge in [-0.2, -0.15) is 0 Å². The first-order valence-corrected chi connectivity index (χ1v) is 10.3. The molecule has 7 heteroatoms. The van der Waals surface area contributed by atoms with E-state index in [-0.39, 0.29) is 0 Å². The fourth-order valence-electron chi connectivity index (χ4n) is 4.14. The van der Waals surface area contributed by atoms with Gasteiger partial charge in [0.1, 0.15) is 5.76 Å². The Hall–Kier alpha value is -1.57. The summed E-state index contributed by atoms with van der Waals surface area (Å²) in [6.45, 7) is 9.36. The summed E-state index contributed by atoms with van der Waals surface area (Å²) >= 11 is 0. The topological polar surface area (TPSA) is 62.5 Å². The van der Waals surface area contributed by atoms with E-state index in [1.165, 1.54) is 6.42 Å². The standard InChI is InChI=1S/C20H32N4O3/c1-2-19(27-10-1)3-6-21-20(22-14-17-5-11-26-16-17)24-7-4-18(15-24)23-8-12-25-13-9-23/h1-2,10,17-18H,3-9,11-16H2,(H,21,22). The highest BCUT2D eigenvalue weighted by atomic mass is 16.5. The number of rotatable bonds is 6. The maximum Gasteiger partial charge on any atom is 0.194 e. The second kappa shape index (κ2) is 9.57. The van der Waals surface area contributed by atoms with E-state index < -0.39 is 0 Å². The summed E-state index contributed by atoms with van der Waals surface area (Å²) in [6.07, 6.45) is 4.93. The number of morpholine rings is 1. The van der Waals surface area contributed by atoms with Gasteiger partial charge in [-0.3, -0.25) is 9.89 Å². The molecule has 0 spiro atoms. The molecule has 1 N–H and O–H groups in total. The summed E-state index contributed by atoms with van der Waals surface area (Å²) in [6, 6.07) is 4.58. The summed E-state index contributed by atoms with van der Waals surface area (Å²) in [5, 5.41) is 3.58. The monoisotopic (exact) mass is 376 g/mol. The fourth-order valence-corrected chi connectivity index (χ4v) is 4.14. The zero-order valence-electron chi connectivity index (χ0n) is 16.1. The molecule has 0 aromatic carbocycles. The predicted octanol–water partition coefficient (Wildman–Crippen LogP) is 1.21. The Balaban J connectivity index is 1.33. The van der Waals surface area contributed by atoms with Crippen LogP contribution in [0.4, 0.5) is 0 Å². The van der Waals surface area contributed by atoms with Crippen molar-refractivity contribution in [1.29, 1.82) is 0 Å². The molecule has 1 aromatic heterocycles. The van der Waals surface area contributed by atoms with Crippen LogP contribution in [-0.2, 0) is 15.9 Å². The van der Waals surface area contributed by atoms with E-state index in [4.69, 9.17) is 18.9 Å². The lowest BCUT2D eigenvalue weighted by atomic mass is 10.1. The van der Waals surface area contributed by atoms with Crippen molar-refractivity contribution in [2.45, 2.75) is 25.3 Å². The van der Waals surface area contributed by atoms with Gasteiger partial charge in [0.25, 0.3) is 0 Å². The summed E-state index contributed by atoms with van der Waals surface area (Å²) in [5.41, 5.74) is 0. The average molecular weight is 377 g/mol. The second-order valence-electron chi connectivity index (χ2n) is 7.69. The number of ether oxygens (including phenoxy) is 2. The highest BCUT2D eigenvalue weighted by Crippen LogP contribution is 2.18. The minimum absolute atomic E-state index is 0.560. The molecule has 27 heavy (non-hydrogen) atoms. The molecule has 0 radical (unpaired) electrons. The molecule has 0 bridgehead atoms. The molecule has 4 rings (SSSR count). The SMILES string of the molecule is c1coc(CCNC(=NCC2CCOC2)N2CCC(N3CCOCC3)C2)c1. The molecule has 0 aliphatic carbocycles. The van der Waals surface area contributed by atoms with Gasteiger partial charge in [0.2, 0.25) is 0 Å². The summed E-state index contributed by atoms with van der Waals surface area (Å²) < 4.78 is 16.5. The van der Waals surface area contributed by atoms with Crippen molar-refractivity contribution < 1.29 is 13.9 Å². The van der Waals surface area contributed by atoms with Gasteiger partial charge < -0.3 is 24.1 Å². The molecule has 2 unspecified atom stereocenters. The third kappa shape index (κ3) is 5.24. The first-order valence-electron chi connectivity index (χ1n) is 10.3. The van der Waals surface area contributed by atoms with E-state index in [0.717, 1.165) is 90.3 Å². The van der Waals surface area contributed by atoms with Crippen molar-refractivity contribution in [3.63, 3.8) is 0 Å². The average Bonchev–Trinajstić information content (AvgIpc) is 3.48. The molecule has 3 saturated heterocycles. The quantitative estimate of drug-likeness (QED) is 0.595. The molecule has 2 atom stereocenters. The molecule has 1 aromatic rings. The number of hydrogen-bond donors (Lipinski definition) is 1. The van der Waals surface area contributed by atoms with Gasteiger partial charge in [-0.15, -0.1) is 0 Å². The Morgan fingerprint density at radius 2 is 2.07 bits per heavy atom. The van der Waals surface area contributed by atoms with Crippen LogP contribution in [0.2, 0.25) is 0 Å². The second-order valence-corrected chi connectivity index (χ2v) is 7.69. The molecule has 7 nitrogen and oxygen atoms in total. The zero-order valence-corrected chi connectivity index (χ0v) is 16.1. The molecule has 4 heterocycles. The van der Waals surface area contributed by atoms with Crippen LogP contribution in [0.15, 0.2) is 27.8 Å². The normalized spacial score (nSPS) is 27.4. The number of nitrogens with one attached hydrogen (secondary N) is 1. The number of hydrogen-bond acceptors (Lipinski definition) is 5. The van der Waals surface area contributed by atoms with Crippen molar-refractivity contribution in [2.24, 2.45) is 10.9 Å². The Labute approximate surface area is 161 Å². The zero-order chi connectivity index (χ0) is 18.3. The first kappa shape index (κ1) is 18.8. The van der Waals surface area contributed by atoms with Crippen LogP contribution in [0.1, 0.15) is 18.6 Å². The minimum atomic E-state index is 0.560. The summed E-state index contributed by atoms with van der Waals surface area (Å²) in [7, 11) is 0. The lowest BCUT2D eigenvalue weighted by molar-refractivity contribution is 0.0195. The first-order chi connectivity index (χ1) is 13.4.